The molecule has 0 aromatic rings. The van der Waals surface area contributed by atoms with Gasteiger partial charge in [-0.3, -0.25) is 4.79 Å². The first-order chi connectivity index (χ1) is 7.09. The average Bonchev–Trinajstić information content (AvgIpc) is 3.03. The minimum absolute atomic E-state index is 0.201. The Morgan fingerprint density at radius 3 is 2.60 bits per heavy atom. The van der Waals surface area contributed by atoms with Gasteiger partial charge in [0.05, 0.1) is 6.10 Å². The molecule has 0 aromatic heterocycles. The van der Waals surface area contributed by atoms with Crippen molar-refractivity contribution in [2.45, 2.75) is 39.2 Å². The van der Waals surface area contributed by atoms with Gasteiger partial charge >= 0.3 is 0 Å². The monoisotopic (exact) mass is 211 g/mol. The minimum atomic E-state index is -0.217. The molecule has 3 heteroatoms. The highest BCUT2D eigenvalue weighted by atomic mass is 16.3. The number of carbonyl (C=O) groups excluding carboxylic acids is 1. The van der Waals surface area contributed by atoms with Crippen molar-refractivity contribution in [3.05, 3.63) is 0 Å². The molecule has 15 heavy (non-hydrogen) atoms. The third-order valence-electron chi connectivity index (χ3n) is 3.89. The summed E-state index contributed by atoms with van der Waals surface area (Å²) in [6.07, 6.45) is 2.97. The van der Waals surface area contributed by atoms with E-state index in [-0.39, 0.29) is 17.9 Å². The first-order valence-electron chi connectivity index (χ1n) is 6.06. The minimum Gasteiger partial charge on any atom is -0.393 e. The van der Waals surface area contributed by atoms with Gasteiger partial charge in [-0.25, -0.2) is 0 Å². The highest BCUT2D eigenvalue weighted by Crippen LogP contribution is 2.37. The van der Waals surface area contributed by atoms with Gasteiger partial charge in [0.1, 0.15) is 0 Å². The van der Waals surface area contributed by atoms with Crippen molar-refractivity contribution in [1.82, 2.24) is 4.90 Å². The third kappa shape index (κ3) is 2.33. The molecule has 1 N–H and O–H groups in total. The molecule has 3 nitrogen and oxygen atoms in total. The first-order valence-corrected chi connectivity index (χ1v) is 6.06. The van der Waals surface area contributed by atoms with E-state index in [2.05, 4.69) is 6.92 Å². The van der Waals surface area contributed by atoms with Crippen LogP contribution in [0.3, 0.4) is 0 Å². The lowest BCUT2D eigenvalue weighted by Crippen LogP contribution is -2.47. The number of hydrogen-bond donors (Lipinski definition) is 1. The van der Waals surface area contributed by atoms with Gasteiger partial charge in [-0.1, -0.05) is 13.8 Å². The van der Waals surface area contributed by atoms with Crippen LogP contribution in [0.2, 0.25) is 0 Å². The van der Waals surface area contributed by atoms with E-state index in [9.17, 15) is 9.90 Å². The van der Waals surface area contributed by atoms with E-state index in [0.717, 1.165) is 19.5 Å². The maximum Gasteiger partial charge on any atom is 0.225 e. The molecular weight excluding hydrogens is 190 g/mol. The number of likely N-dealkylation sites (tertiary alicyclic amines) is 1. The molecule has 0 bridgehead atoms. The van der Waals surface area contributed by atoms with Crippen LogP contribution in [0.15, 0.2) is 0 Å². The van der Waals surface area contributed by atoms with Gasteiger partial charge in [0.15, 0.2) is 0 Å². The fraction of sp³-hybridized carbons (Fsp3) is 0.917. The van der Waals surface area contributed by atoms with Crippen LogP contribution in [-0.2, 0) is 4.79 Å². The molecule has 0 spiro atoms. The molecule has 3 unspecified atom stereocenters. The highest BCUT2D eigenvalue weighted by molar-refractivity contribution is 5.79. The fourth-order valence-corrected chi connectivity index (χ4v) is 2.42. The van der Waals surface area contributed by atoms with Gasteiger partial charge in [0, 0.05) is 19.0 Å². The number of rotatable bonds is 2. The summed E-state index contributed by atoms with van der Waals surface area (Å²) < 4.78 is 0. The van der Waals surface area contributed by atoms with Crippen LogP contribution in [0.25, 0.3) is 0 Å². The van der Waals surface area contributed by atoms with E-state index in [1.807, 2.05) is 11.8 Å². The van der Waals surface area contributed by atoms with Crippen LogP contribution in [0.1, 0.15) is 33.1 Å². The number of aliphatic hydroxyl groups is 1. The number of amides is 1. The molecule has 1 amide bonds. The lowest BCUT2D eigenvalue weighted by atomic mass is 9.95. The Bertz CT molecular complexity index is 250. The third-order valence-corrected chi connectivity index (χ3v) is 3.89. The van der Waals surface area contributed by atoms with Gasteiger partial charge in [-0.05, 0) is 31.1 Å². The van der Waals surface area contributed by atoms with Crippen molar-refractivity contribution in [1.29, 1.82) is 0 Å². The fourth-order valence-electron chi connectivity index (χ4n) is 2.42. The van der Waals surface area contributed by atoms with Crippen molar-refractivity contribution in [3.8, 4) is 0 Å². The van der Waals surface area contributed by atoms with Crippen molar-refractivity contribution < 1.29 is 9.90 Å². The van der Waals surface area contributed by atoms with Crippen molar-refractivity contribution >= 4 is 5.91 Å². The van der Waals surface area contributed by atoms with E-state index in [1.54, 1.807) is 0 Å². The number of piperidine rings is 1. The smallest absolute Gasteiger partial charge is 0.225 e. The second-order valence-corrected chi connectivity index (χ2v) is 5.24. The zero-order chi connectivity index (χ0) is 11.0. The predicted molar refractivity (Wildman–Crippen MR) is 58.3 cm³/mol. The van der Waals surface area contributed by atoms with Crippen LogP contribution >= 0.6 is 0 Å². The molecule has 0 aromatic carbocycles. The van der Waals surface area contributed by atoms with Crippen LogP contribution in [0.4, 0.5) is 0 Å². The molecule has 1 heterocycles. The maximum absolute atomic E-state index is 12.1. The molecular formula is C12H21NO2. The summed E-state index contributed by atoms with van der Waals surface area (Å²) in [4.78, 5) is 14.0. The summed E-state index contributed by atoms with van der Waals surface area (Å²) in [5, 5.41) is 9.60. The molecule has 1 aliphatic heterocycles. The molecule has 1 aliphatic carbocycles. The largest absolute Gasteiger partial charge is 0.393 e. The van der Waals surface area contributed by atoms with Gasteiger partial charge in [0.25, 0.3) is 0 Å². The summed E-state index contributed by atoms with van der Waals surface area (Å²) in [6.45, 7) is 5.54. The quantitative estimate of drug-likeness (QED) is 0.747. The standard InChI is InChI=1S/C12H21NO2/c1-8-7-13(6-5-11(8)14)12(15)9(2)10-3-4-10/h8-11,14H,3-7H2,1-2H3. The lowest BCUT2D eigenvalue weighted by molar-refractivity contribution is -0.139. The zero-order valence-corrected chi connectivity index (χ0v) is 9.65. The maximum atomic E-state index is 12.1. The molecule has 2 fully saturated rings. The van der Waals surface area contributed by atoms with E-state index in [0.29, 0.717) is 11.8 Å². The van der Waals surface area contributed by atoms with Crippen molar-refractivity contribution in [2.24, 2.45) is 17.8 Å². The number of hydrogen-bond acceptors (Lipinski definition) is 2. The number of aliphatic hydroxyl groups excluding tert-OH is 1. The predicted octanol–water partition coefficient (Wildman–Crippen LogP) is 1.26. The molecule has 0 radical (unpaired) electrons. The van der Waals surface area contributed by atoms with E-state index >= 15 is 0 Å². The first kappa shape index (κ1) is 10.9. The second kappa shape index (κ2) is 4.12. The lowest BCUT2D eigenvalue weighted by Gasteiger charge is -2.35. The summed E-state index contributed by atoms with van der Waals surface area (Å²) in [7, 11) is 0. The summed E-state index contributed by atoms with van der Waals surface area (Å²) in [5.41, 5.74) is 0. The van der Waals surface area contributed by atoms with Crippen molar-refractivity contribution in [3.63, 3.8) is 0 Å². The van der Waals surface area contributed by atoms with Gasteiger partial charge in [0.2, 0.25) is 5.91 Å². The van der Waals surface area contributed by atoms with Gasteiger partial charge in [-0.2, -0.15) is 0 Å². The second-order valence-electron chi connectivity index (χ2n) is 5.24. The summed E-state index contributed by atoms with van der Waals surface area (Å²) in [5.74, 6) is 1.37. The summed E-state index contributed by atoms with van der Waals surface area (Å²) >= 11 is 0. The molecule has 1 saturated heterocycles. The van der Waals surface area contributed by atoms with Crippen molar-refractivity contribution in [2.75, 3.05) is 13.1 Å². The zero-order valence-electron chi connectivity index (χ0n) is 9.65. The van der Waals surface area contributed by atoms with Gasteiger partial charge in [-0.15, -0.1) is 0 Å². The van der Waals surface area contributed by atoms with E-state index in [1.165, 1.54) is 12.8 Å². The van der Waals surface area contributed by atoms with Crippen LogP contribution in [0, 0.1) is 17.8 Å². The Morgan fingerprint density at radius 1 is 1.40 bits per heavy atom. The topological polar surface area (TPSA) is 40.5 Å². The van der Waals surface area contributed by atoms with E-state index in [4.69, 9.17) is 0 Å². The average molecular weight is 211 g/mol. The number of nitrogens with zero attached hydrogens (tertiary/aromatic N) is 1. The Labute approximate surface area is 91.5 Å². The van der Waals surface area contributed by atoms with Gasteiger partial charge < -0.3 is 10.0 Å². The SMILES string of the molecule is CC1CN(C(=O)C(C)C2CC2)CCC1O. The molecule has 86 valence electrons. The molecule has 2 rings (SSSR count). The normalized spacial score (nSPS) is 33.9. The Balaban J connectivity index is 1.90. The van der Waals surface area contributed by atoms with Crippen LogP contribution in [0.5, 0.6) is 0 Å². The van der Waals surface area contributed by atoms with Crippen LogP contribution < -0.4 is 0 Å². The number of carbonyl (C=O) groups is 1. The van der Waals surface area contributed by atoms with Crippen LogP contribution in [-0.4, -0.2) is 35.1 Å². The Hall–Kier alpha value is -0.570. The van der Waals surface area contributed by atoms with E-state index < -0.39 is 0 Å². The highest BCUT2D eigenvalue weighted by Gasteiger charge is 2.36. The molecule has 1 saturated carbocycles. The molecule has 3 atom stereocenters. The Morgan fingerprint density at radius 2 is 2.07 bits per heavy atom. The molecule has 2 aliphatic rings. The summed E-state index contributed by atoms with van der Waals surface area (Å²) in [6, 6.07) is 0. The Kier molecular flexibility index (Phi) is 3.01.